The van der Waals surface area contributed by atoms with Gasteiger partial charge in [0.2, 0.25) is 5.91 Å². The van der Waals surface area contributed by atoms with Gasteiger partial charge in [-0.3, -0.25) is 9.89 Å². The second-order valence-electron chi connectivity index (χ2n) is 11.9. The quantitative estimate of drug-likeness (QED) is 0.0961. The molecule has 7 N–H and O–H groups in total. The fourth-order valence-corrected chi connectivity index (χ4v) is 5.92. The Hall–Kier alpha value is -4.04. The van der Waals surface area contributed by atoms with Gasteiger partial charge in [0.05, 0.1) is 37.4 Å². The standard InChI is InChI=1S/C34H39FN4O7/c35-25-10-8-23(9-11-25)28(42)15-14-27-31(24-6-1-22(2-7-24)17-29(43)32(44)34(46,18-40)19-41)39(33(27)45)26-12-3-21(4-13-26)5-16-30-36-20-37-38-30/h1-4,6-13,20,27-29,31-32,40-44,46H,5,14-19H2,(H,36,37,38)/t27-,28+,29?,31-,32?/m1/s1. The second-order valence-corrected chi connectivity index (χ2v) is 11.9. The maximum absolute atomic E-state index is 13.6. The van der Waals surface area contributed by atoms with Crippen molar-refractivity contribution in [2.24, 2.45) is 5.92 Å². The molecule has 12 heteroatoms. The van der Waals surface area contributed by atoms with Crippen LogP contribution in [0.5, 0.6) is 0 Å². The van der Waals surface area contributed by atoms with Crippen LogP contribution in [0.1, 0.15) is 53.1 Å². The number of aliphatic hydroxyl groups is 6. The van der Waals surface area contributed by atoms with E-state index in [2.05, 4.69) is 15.2 Å². The number of hydrogen-bond acceptors (Lipinski definition) is 9. The van der Waals surface area contributed by atoms with Crippen molar-refractivity contribution in [3.05, 3.63) is 113 Å². The van der Waals surface area contributed by atoms with Gasteiger partial charge in [0.25, 0.3) is 0 Å². The summed E-state index contributed by atoms with van der Waals surface area (Å²) in [5.74, 6) is -0.118. The molecule has 1 aliphatic heterocycles. The molecule has 2 heterocycles. The van der Waals surface area contributed by atoms with E-state index in [1.807, 2.05) is 36.4 Å². The maximum Gasteiger partial charge on any atom is 0.233 e. The third-order valence-electron chi connectivity index (χ3n) is 8.78. The lowest BCUT2D eigenvalue weighted by Gasteiger charge is -2.48. The summed E-state index contributed by atoms with van der Waals surface area (Å²) in [5.41, 5.74) is 1.58. The van der Waals surface area contributed by atoms with Gasteiger partial charge in [-0.15, -0.1) is 0 Å². The Bertz CT molecular complexity index is 1550. The van der Waals surface area contributed by atoms with Gasteiger partial charge in [0, 0.05) is 18.5 Å². The third-order valence-corrected chi connectivity index (χ3v) is 8.78. The fourth-order valence-electron chi connectivity index (χ4n) is 5.92. The summed E-state index contributed by atoms with van der Waals surface area (Å²) in [4.78, 5) is 19.5. The molecule has 0 aliphatic carbocycles. The van der Waals surface area contributed by atoms with Crippen molar-refractivity contribution in [2.75, 3.05) is 18.1 Å². The van der Waals surface area contributed by atoms with Crippen LogP contribution in [0, 0.1) is 11.7 Å². The number of carbonyl (C=O) groups is 1. The monoisotopic (exact) mass is 634 g/mol. The van der Waals surface area contributed by atoms with Gasteiger partial charge in [-0.25, -0.2) is 9.37 Å². The zero-order chi connectivity index (χ0) is 32.8. The van der Waals surface area contributed by atoms with Crippen molar-refractivity contribution in [1.29, 1.82) is 0 Å². The van der Waals surface area contributed by atoms with Crippen LogP contribution in [0.25, 0.3) is 0 Å². The number of amides is 1. The van der Waals surface area contributed by atoms with E-state index in [1.54, 1.807) is 17.0 Å². The summed E-state index contributed by atoms with van der Waals surface area (Å²) in [7, 11) is 0. The summed E-state index contributed by atoms with van der Waals surface area (Å²) >= 11 is 0. The van der Waals surface area contributed by atoms with E-state index in [0.29, 0.717) is 30.4 Å². The average molecular weight is 635 g/mol. The number of aromatic amines is 1. The lowest BCUT2D eigenvalue weighted by Crippen LogP contribution is -2.55. The minimum Gasteiger partial charge on any atom is -0.393 e. The first-order valence-electron chi connectivity index (χ1n) is 15.2. The molecular formula is C34H39FN4O7. The van der Waals surface area contributed by atoms with Crippen LogP contribution in [0.3, 0.4) is 0 Å². The summed E-state index contributed by atoms with van der Waals surface area (Å²) in [6, 6.07) is 20.2. The predicted molar refractivity (Wildman–Crippen MR) is 166 cm³/mol. The number of nitrogens with one attached hydrogen (secondary N) is 1. The van der Waals surface area contributed by atoms with Gasteiger partial charge in [-0.05, 0) is 65.8 Å². The Labute approximate surface area is 265 Å². The first-order chi connectivity index (χ1) is 22.1. The van der Waals surface area contributed by atoms with Gasteiger partial charge in [0.1, 0.15) is 29.7 Å². The molecule has 1 fully saturated rings. The van der Waals surface area contributed by atoms with Crippen molar-refractivity contribution in [2.45, 2.75) is 62.1 Å². The van der Waals surface area contributed by atoms with Crippen LogP contribution in [0.4, 0.5) is 10.1 Å². The van der Waals surface area contributed by atoms with E-state index >= 15 is 0 Å². The smallest absolute Gasteiger partial charge is 0.233 e. The summed E-state index contributed by atoms with van der Waals surface area (Å²) in [6.07, 6.45) is -0.562. The van der Waals surface area contributed by atoms with Gasteiger partial charge in [-0.1, -0.05) is 48.5 Å². The van der Waals surface area contributed by atoms with Crippen molar-refractivity contribution >= 4 is 11.6 Å². The highest BCUT2D eigenvalue weighted by molar-refractivity contribution is 6.03. The number of anilines is 1. The molecule has 4 aromatic rings. The molecule has 5 rings (SSSR count). The van der Waals surface area contributed by atoms with Crippen LogP contribution in [-0.4, -0.2) is 82.8 Å². The molecule has 11 nitrogen and oxygen atoms in total. The highest BCUT2D eigenvalue weighted by Crippen LogP contribution is 2.46. The predicted octanol–water partition coefficient (Wildman–Crippen LogP) is 1.93. The molecule has 3 aromatic carbocycles. The van der Waals surface area contributed by atoms with Gasteiger partial charge in [0.15, 0.2) is 0 Å². The molecule has 244 valence electrons. The minimum absolute atomic E-state index is 0.0557. The number of aryl methyl sites for hydroxylation is 2. The number of aliphatic hydroxyl groups excluding tert-OH is 5. The Morgan fingerprint density at radius 3 is 2.15 bits per heavy atom. The largest absolute Gasteiger partial charge is 0.393 e. The lowest BCUT2D eigenvalue weighted by atomic mass is 9.78. The van der Waals surface area contributed by atoms with E-state index in [9.17, 15) is 39.8 Å². The third kappa shape index (κ3) is 7.33. The van der Waals surface area contributed by atoms with Crippen LogP contribution in [0.2, 0.25) is 0 Å². The molecule has 1 amide bonds. The molecule has 1 aliphatic rings. The van der Waals surface area contributed by atoms with Crippen molar-refractivity contribution in [1.82, 2.24) is 15.2 Å². The number of carbonyl (C=O) groups excluding carboxylic acids is 1. The molecule has 5 atom stereocenters. The molecule has 0 saturated carbocycles. The number of rotatable bonds is 15. The molecule has 1 saturated heterocycles. The zero-order valence-corrected chi connectivity index (χ0v) is 25.2. The molecule has 0 radical (unpaired) electrons. The lowest BCUT2D eigenvalue weighted by molar-refractivity contribution is -0.164. The number of hydrogen-bond donors (Lipinski definition) is 7. The van der Waals surface area contributed by atoms with Crippen molar-refractivity contribution in [3.63, 3.8) is 0 Å². The van der Waals surface area contributed by atoms with Crippen LogP contribution in [-0.2, 0) is 24.1 Å². The molecule has 0 spiro atoms. The number of nitrogens with zero attached hydrogens (tertiary/aromatic N) is 3. The fraction of sp³-hybridized carbons (Fsp3) is 0.382. The van der Waals surface area contributed by atoms with Gasteiger partial charge in [-0.2, -0.15) is 5.10 Å². The number of halogens is 1. The molecule has 1 aromatic heterocycles. The maximum atomic E-state index is 13.6. The Balaban J connectivity index is 1.32. The van der Waals surface area contributed by atoms with Crippen LogP contribution in [0.15, 0.2) is 79.1 Å². The summed E-state index contributed by atoms with van der Waals surface area (Å²) in [5, 5.41) is 67.1. The van der Waals surface area contributed by atoms with Crippen LogP contribution >= 0.6 is 0 Å². The highest BCUT2D eigenvalue weighted by atomic mass is 19.1. The number of aromatic nitrogens is 3. The summed E-state index contributed by atoms with van der Waals surface area (Å²) < 4.78 is 13.4. The molecule has 2 unspecified atom stereocenters. The molecular weight excluding hydrogens is 595 g/mol. The number of benzene rings is 3. The van der Waals surface area contributed by atoms with E-state index in [0.717, 1.165) is 29.1 Å². The van der Waals surface area contributed by atoms with E-state index in [4.69, 9.17) is 0 Å². The first-order valence-corrected chi connectivity index (χ1v) is 15.2. The number of β-lactam (4-membered cyclic amide) rings is 1. The topological polar surface area (TPSA) is 183 Å². The van der Waals surface area contributed by atoms with Crippen molar-refractivity contribution in [3.8, 4) is 0 Å². The zero-order valence-electron chi connectivity index (χ0n) is 25.2. The van der Waals surface area contributed by atoms with Crippen LogP contribution < -0.4 is 4.90 Å². The first kappa shape index (κ1) is 33.3. The molecule has 0 bridgehead atoms. The Kier molecular flexibility index (Phi) is 10.6. The van der Waals surface area contributed by atoms with Crippen molar-refractivity contribution < 1.29 is 39.8 Å². The van der Waals surface area contributed by atoms with E-state index in [-0.39, 0.29) is 18.4 Å². The molecule has 46 heavy (non-hydrogen) atoms. The Morgan fingerprint density at radius 2 is 1.54 bits per heavy atom. The van der Waals surface area contributed by atoms with Gasteiger partial charge < -0.3 is 35.5 Å². The second kappa shape index (κ2) is 14.6. The Morgan fingerprint density at radius 1 is 0.891 bits per heavy atom. The summed E-state index contributed by atoms with van der Waals surface area (Å²) in [6.45, 7) is -1.85. The van der Waals surface area contributed by atoms with E-state index < -0.39 is 48.9 Å². The number of H-pyrrole nitrogens is 1. The average Bonchev–Trinajstić information content (AvgIpc) is 3.60. The van der Waals surface area contributed by atoms with Gasteiger partial charge >= 0.3 is 0 Å². The highest BCUT2D eigenvalue weighted by Gasteiger charge is 2.48. The SMILES string of the molecule is O=C1[C@H](CC[C@H](O)c2ccc(F)cc2)[C@@H](c2ccc(CC(O)C(O)C(O)(CO)CO)cc2)N1c1ccc(CCc2ncn[nH]2)cc1. The van der Waals surface area contributed by atoms with E-state index in [1.165, 1.54) is 30.6 Å². The normalized spacial score (nSPS) is 18.7. The minimum atomic E-state index is -2.25.